The predicted molar refractivity (Wildman–Crippen MR) is 79.8 cm³/mol. The molecular weight excluding hydrogens is 250 g/mol. The Balaban J connectivity index is 2.04. The molecule has 0 saturated carbocycles. The average Bonchev–Trinajstić information content (AvgIpc) is 2.48. The van der Waals surface area contributed by atoms with Crippen LogP contribution < -0.4 is 10.5 Å². The van der Waals surface area contributed by atoms with Gasteiger partial charge in [-0.2, -0.15) is 0 Å². The molecule has 1 heterocycles. The van der Waals surface area contributed by atoms with Crippen LogP contribution in [0.15, 0.2) is 48.5 Å². The summed E-state index contributed by atoms with van der Waals surface area (Å²) in [6.07, 6.45) is 0.886. The van der Waals surface area contributed by atoms with Crippen molar-refractivity contribution in [3.8, 4) is 11.6 Å². The van der Waals surface area contributed by atoms with Gasteiger partial charge in [0.05, 0.1) is 11.0 Å². The maximum atomic E-state index is 5.93. The van der Waals surface area contributed by atoms with Crippen LogP contribution in [0.3, 0.4) is 0 Å². The van der Waals surface area contributed by atoms with E-state index in [1.54, 1.807) is 0 Å². The molecule has 3 aromatic rings. The van der Waals surface area contributed by atoms with Gasteiger partial charge in [-0.3, -0.25) is 0 Å². The van der Waals surface area contributed by atoms with E-state index in [9.17, 15) is 0 Å². The van der Waals surface area contributed by atoms with Crippen LogP contribution >= 0.6 is 0 Å². The molecule has 3 rings (SSSR count). The van der Waals surface area contributed by atoms with Crippen LogP contribution in [-0.2, 0) is 6.42 Å². The fourth-order valence-corrected chi connectivity index (χ4v) is 2.07. The molecule has 0 aliphatic carbocycles. The van der Waals surface area contributed by atoms with Gasteiger partial charge in [0.1, 0.15) is 5.75 Å². The van der Waals surface area contributed by atoms with Crippen molar-refractivity contribution in [2.24, 2.45) is 0 Å². The maximum Gasteiger partial charge on any atom is 0.263 e. The summed E-state index contributed by atoms with van der Waals surface area (Å²) >= 11 is 0. The van der Waals surface area contributed by atoms with E-state index in [-0.39, 0.29) is 0 Å². The van der Waals surface area contributed by atoms with Crippen molar-refractivity contribution < 1.29 is 4.74 Å². The van der Waals surface area contributed by atoms with Crippen molar-refractivity contribution >= 4 is 16.9 Å². The first kappa shape index (κ1) is 12.4. The van der Waals surface area contributed by atoms with Crippen LogP contribution in [0.2, 0.25) is 0 Å². The van der Waals surface area contributed by atoms with Crippen molar-refractivity contribution in [1.29, 1.82) is 0 Å². The Morgan fingerprint density at radius 1 is 0.950 bits per heavy atom. The van der Waals surface area contributed by atoms with Gasteiger partial charge in [-0.1, -0.05) is 37.3 Å². The number of aryl methyl sites for hydroxylation is 1. The number of nitrogens with two attached hydrogens (primary N) is 1. The van der Waals surface area contributed by atoms with E-state index < -0.39 is 0 Å². The highest BCUT2D eigenvalue weighted by atomic mass is 16.5. The lowest BCUT2D eigenvalue weighted by Gasteiger charge is -2.10. The number of ether oxygens (including phenoxy) is 1. The Morgan fingerprint density at radius 2 is 1.60 bits per heavy atom. The van der Waals surface area contributed by atoms with Crippen LogP contribution in [0, 0.1) is 0 Å². The number of hydrogen-bond donors (Lipinski definition) is 1. The second-order valence-electron chi connectivity index (χ2n) is 4.47. The Morgan fingerprint density at radius 3 is 2.35 bits per heavy atom. The number of nitrogen functional groups attached to an aromatic ring is 1. The number of aromatic nitrogens is 2. The molecule has 100 valence electrons. The van der Waals surface area contributed by atoms with Crippen molar-refractivity contribution in [2.75, 3.05) is 5.73 Å². The van der Waals surface area contributed by atoms with E-state index in [0.717, 1.165) is 28.8 Å². The molecule has 20 heavy (non-hydrogen) atoms. The summed E-state index contributed by atoms with van der Waals surface area (Å²) in [5.41, 5.74) is 8.57. The molecule has 1 aromatic heterocycles. The summed E-state index contributed by atoms with van der Waals surface area (Å²) in [7, 11) is 0. The van der Waals surface area contributed by atoms with E-state index in [4.69, 9.17) is 10.5 Å². The van der Waals surface area contributed by atoms with Crippen molar-refractivity contribution in [2.45, 2.75) is 13.3 Å². The number of benzene rings is 2. The summed E-state index contributed by atoms with van der Waals surface area (Å²) in [5.74, 6) is 1.42. The van der Waals surface area contributed by atoms with Crippen LogP contribution in [0.5, 0.6) is 11.6 Å². The van der Waals surface area contributed by atoms with E-state index in [0.29, 0.717) is 11.7 Å². The van der Waals surface area contributed by atoms with Crippen LogP contribution in [0.25, 0.3) is 11.0 Å². The first-order valence-corrected chi connectivity index (χ1v) is 6.56. The fraction of sp³-hybridized carbons (Fsp3) is 0.125. The van der Waals surface area contributed by atoms with Gasteiger partial charge in [0, 0.05) is 0 Å². The van der Waals surface area contributed by atoms with Gasteiger partial charge in [0.25, 0.3) is 5.88 Å². The Kier molecular flexibility index (Phi) is 3.21. The average molecular weight is 265 g/mol. The molecule has 2 N–H and O–H groups in total. The zero-order chi connectivity index (χ0) is 13.9. The summed E-state index contributed by atoms with van der Waals surface area (Å²) in [4.78, 5) is 8.75. The minimum absolute atomic E-state index is 0.301. The lowest BCUT2D eigenvalue weighted by molar-refractivity contribution is 0.460. The highest BCUT2D eigenvalue weighted by molar-refractivity contribution is 5.76. The lowest BCUT2D eigenvalue weighted by atomic mass is 10.1. The molecule has 0 atom stereocenters. The topological polar surface area (TPSA) is 61.0 Å². The Hall–Kier alpha value is -2.62. The first-order chi connectivity index (χ1) is 9.78. The number of rotatable bonds is 3. The summed E-state index contributed by atoms with van der Waals surface area (Å²) in [6, 6.07) is 15.4. The third-order valence-electron chi connectivity index (χ3n) is 3.12. The second-order valence-corrected chi connectivity index (χ2v) is 4.47. The zero-order valence-electron chi connectivity index (χ0n) is 11.2. The molecule has 0 aliphatic rings. The minimum Gasteiger partial charge on any atom is -0.436 e. The molecule has 0 radical (unpaired) electrons. The predicted octanol–water partition coefficient (Wildman–Crippen LogP) is 3.57. The van der Waals surface area contributed by atoms with Gasteiger partial charge in [0.15, 0.2) is 5.82 Å². The quantitative estimate of drug-likeness (QED) is 0.786. The molecule has 0 bridgehead atoms. The van der Waals surface area contributed by atoms with E-state index in [1.807, 2.05) is 48.5 Å². The van der Waals surface area contributed by atoms with Crippen molar-refractivity contribution in [3.05, 3.63) is 54.1 Å². The highest BCUT2D eigenvalue weighted by Gasteiger charge is 2.10. The van der Waals surface area contributed by atoms with Gasteiger partial charge < -0.3 is 10.5 Å². The summed E-state index contributed by atoms with van der Waals surface area (Å²) in [6.45, 7) is 2.08. The fourth-order valence-electron chi connectivity index (χ4n) is 2.07. The summed E-state index contributed by atoms with van der Waals surface area (Å²) < 4.78 is 5.84. The largest absolute Gasteiger partial charge is 0.436 e. The first-order valence-electron chi connectivity index (χ1n) is 6.56. The SMILES string of the molecule is CCc1ccccc1Oc1nc2ccccc2nc1N. The van der Waals surface area contributed by atoms with Crippen LogP contribution in [0.1, 0.15) is 12.5 Å². The van der Waals surface area contributed by atoms with E-state index >= 15 is 0 Å². The van der Waals surface area contributed by atoms with Crippen molar-refractivity contribution in [1.82, 2.24) is 9.97 Å². The molecule has 4 heteroatoms. The molecule has 0 saturated heterocycles. The lowest BCUT2D eigenvalue weighted by Crippen LogP contribution is -2.00. The van der Waals surface area contributed by atoms with Gasteiger partial charge >= 0.3 is 0 Å². The standard InChI is InChI=1S/C16H15N3O/c1-2-11-7-3-6-10-14(11)20-16-15(17)18-12-8-4-5-9-13(12)19-16/h3-10H,2H2,1H3,(H2,17,18). The molecule has 0 aliphatic heterocycles. The van der Waals surface area contributed by atoms with Gasteiger partial charge in [0.2, 0.25) is 0 Å². The molecule has 0 fully saturated rings. The van der Waals surface area contributed by atoms with Crippen molar-refractivity contribution in [3.63, 3.8) is 0 Å². The van der Waals surface area contributed by atoms with E-state index in [1.165, 1.54) is 0 Å². The third-order valence-corrected chi connectivity index (χ3v) is 3.12. The Bertz CT molecular complexity index is 756. The number of hydrogen-bond acceptors (Lipinski definition) is 4. The number of para-hydroxylation sites is 3. The van der Waals surface area contributed by atoms with Gasteiger partial charge in [-0.05, 0) is 30.2 Å². The molecule has 0 spiro atoms. The molecular formula is C16H15N3O. The number of fused-ring (bicyclic) bond motifs is 1. The molecule has 4 nitrogen and oxygen atoms in total. The maximum absolute atomic E-state index is 5.93. The Labute approximate surface area is 117 Å². The zero-order valence-corrected chi connectivity index (χ0v) is 11.2. The second kappa shape index (κ2) is 5.17. The number of nitrogens with zero attached hydrogens (tertiary/aromatic N) is 2. The third kappa shape index (κ3) is 2.28. The smallest absolute Gasteiger partial charge is 0.263 e. The van der Waals surface area contributed by atoms with Crippen LogP contribution in [-0.4, -0.2) is 9.97 Å². The highest BCUT2D eigenvalue weighted by Crippen LogP contribution is 2.28. The molecule has 0 amide bonds. The number of anilines is 1. The normalized spacial score (nSPS) is 10.7. The van der Waals surface area contributed by atoms with Crippen LogP contribution in [0.4, 0.5) is 5.82 Å². The summed E-state index contributed by atoms with van der Waals surface area (Å²) in [5, 5.41) is 0. The van der Waals surface area contributed by atoms with Gasteiger partial charge in [-0.25, -0.2) is 9.97 Å². The van der Waals surface area contributed by atoms with E-state index in [2.05, 4.69) is 16.9 Å². The molecule has 2 aromatic carbocycles. The monoisotopic (exact) mass is 265 g/mol. The molecule has 0 unspecified atom stereocenters. The van der Waals surface area contributed by atoms with Gasteiger partial charge in [-0.15, -0.1) is 0 Å². The minimum atomic E-state index is 0.301.